The van der Waals surface area contributed by atoms with Gasteiger partial charge in [0.2, 0.25) is 0 Å². The molecule has 2 rings (SSSR count). The lowest BCUT2D eigenvalue weighted by Crippen LogP contribution is -2.17. The van der Waals surface area contributed by atoms with Crippen molar-refractivity contribution >= 4 is 16.8 Å². The quantitative estimate of drug-likeness (QED) is 0.863. The molecule has 0 fully saturated rings. The average molecular weight is 259 g/mol. The fourth-order valence-corrected chi connectivity index (χ4v) is 2.27. The first kappa shape index (κ1) is 13.7. The summed E-state index contributed by atoms with van der Waals surface area (Å²) in [4.78, 5) is 16.7. The zero-order valence-electron chi connectivity index (χ0n) is 11.6. The number of aromatic nitrogens is 2. The second-order valence-electron chi connectivity index (χ2n) is 5.05. The van der Waals surface area contributed by atoms with Crippen LogP contribution in [-0.2, 0) is 18.3 Å². The molecule has 102 valence electrons. The van der Waals surface area contributed by atoms with Gasteiger partial charge in [-0.05, 0) is 31.5 Å². The maximum Gasteiger partial charge on any atom is 0.143 e. The van der Waals surface area contributed by atoms with Crippen LogP contribution >= 0.6 is 0 Å². The number of fused-ring (bicyclic) bond motifs is 1. The van der Waals surface area contributed by atoms with Crippen LogP contribution in [0, 0.1) is 5.92 Å². The maximum absolute atomic E-state index is 12.2. The van der Waals surface area contributed by atoms with Crippen LogP contribution in [0.4, 0.5) is 0 Å². The lowest BCUT2D eigenvalue weighted by Gasteiger charge is -2.09. The molecular formula is C15H21N3O. The molecule has 1 aromatic heterocycles. The Morgan fingerprint density at radius 3 is 2.84 bits per heavy atom. The molecule has 0 aliphatic heterocycles. The molecule has 0 radical (unpaired) electrons. The Labute approximate surface area is 113 Å². The summed E-state index contributed by atoms with van der Waals surface area (Å²) < 4.78 is 2.00. The number of para-hydroxylation sites is 2. The van der Waals surface area contributed by atoms with E-state index in [1.165, 1.54) is 0 Å². The highest BCUT2D eigenvalue weighted by Crippen LogP contribution is 2.16. The van der Waals surface area contributed by atoms with Gasteiger partial charge in [0.05, 0.1) is 17.5 Å². The molecule has 0 spiro atoms. The first-order valence-corrected chi connectivity index (χ1v) is 6.76. The van der Waals surface area contributed by atoms with E-state index < -0.39 is 0 Å². The largest absolute Gasteiger partial charge is 0.331 e. The van der Waals surface area contributed by atoms with Crippen molar-refractivity contribution in [2.75, 3.05) is 6.54 Å². The molecule has 1 unspecified atom stereocenters. The number of hydrogen-bond acceptors (Lipinski definition) is 3. The Bertz CT molecular complexity index is 574. The van der Waals surface area contributed by atoms with Crippen LogP contribution in [0.25, 0.3) is 11.0 Å². The van der Waals surface area contributed by atoms with E-state index in [4.69, 9.17) is 5.73 Å². The summed E-state index contributed by atoms with van der Waals surface area (Å²) in [6.07, 6.45) is 2.16. The third-order valence-corrected chi connectivity index (χ3v) is 3.60. The summed E-state index contributed by atoms with van der Waals surface area (Å²) in [6.45, 7) is 2.62. The summed E-state index contributed by atoms with van der Waals surface area (Å²) in [5, 5.41) is 0. The number of rotatable bonds is 6. The van der Waals surface area contributed by atoms with Crippen molar-refractivity contribution in [1.82, 2.24) is 9.55 Å². The van der Waals surface area contributed by atoms with Gasteiger partial charge in [-0.3, -0.25) is 4.79 Å². The molecule has 0 aliphatic carbocycles. The lowest BCUT2D eigenvalue weighted by molar-refractivity contribution is -0.122. The highest BCUT2D eigenvalue weighted by Gasteiger charge is 2.16. The SMILES string of the molecule is CC(CCCN)C(=O)Cc1nc2ccccc2n1C. The van der Waals surface area contributed by atoms with E-state index in [-0.39, 0.29) is 11.7 Å². The topological polar surface area (TPSA) is 60.9 Å². The average Bonchev–Trinajstić information content (AvgIpc) is 2.73. The van der Waals surface area contributed by atoms with E-state index in [0.29, 0.717) is 13.0 Å². The Balaban J connectivity index is 2.13. The number of imidazole rings is 1. The molecule has 4 nitrogen and oxygen atoms in total. The van der Waals surface area contributed by atoms with Gasteiger partial charge in [-0.1, -0.05) is 19.1 Å². The highest BCUT2D eigenvalue weighted by molar-refractivity contribution is 5.84. The summed E-state index contributed by atoms with van der Waals surface area (Å²) in [6, 6.07) is 7.94. The molecule has 19 heavy (non-hydrogen) atoms. The van der Waals surface area contributed by atoms with Crippen molar-refractivity contribution < 1.29 is 4.79 Å². The first-order valence-electron chi connectivity index (χ1n) is 6.76. The van der Waals surface area contributed by atoms with Gasteiger partial charge in [0.15, 0.2) is 0 Å². The molecule has 4 heteroatoms. The van der Waals surface area contributed by atoms with Crippen LogP contribution in [0.5, 0.6) is 0 Å². The predicted molar refractivity (Wildman–Crippen MR) is 76.9 cm³/mol. The van der Waals surface area contributed by atoms with Gasteiger partial charge in [0, 0.05) is 13.0 Å². The second-order valence-corrected chi connectivity index (χ2v) is 5.05. The molecule has 0 saturated heterocycles. The molecule has 1 aromatic carbocycles. The van der Waals surface area contributed by atoms with Gasteiger partial charge in [0.1, 0.15) is 11.6 Å². The van der Waals surface area contributed by atoms with Crippen molar-refractivity contribution in [2.45, 2.75) is 26.2 Å². The van der Waals surface area contributed by atoms with Gasteiger partial charge < -0.3 is 10.3 Å². The normalized spacial score (nSPS) is 12.8. The van der Waals surface area contributed by atoms with Crippen LogP contribution in [0.2, 0.25) is 0 Å². The molecule has 2 N–H and O–H groups in total. The molecule has 0 saturated carbocycles. The zero-order valence-corrected chi connectivity index (χ0v) is 11.6. The van der Waals surface area contributed by atoms with Crippen LogP contribution in [-0.4, -0.2) is 21.9 Å². The molecule has 0 bridgehead atoms. The minimum atomic E-state index is 0.0587. The fourth-order valence-electron chi connectivity index (χ4n) is 2.27. The Hall–Kier alpha value is -1.68. The molecule has 1 atom stereocenters. The maximum atomic E-state index is 12.2. The Morgan fingerprint density at radius 1 is 1.42 bits per heavy atom. The van der Waals surface area contributed by atoms with Crippen LogP contribution in [0.15, 0.2) is 24.3 Å². The highest BCUT2D eigenvalue weighted by atomic mass is 16.1. The van der Waals surface area contributed by atoms with E-state index in [9.17, 15) is 4.79 Å². The molecule has 0 aliphatic rings. The minimum Gasteiger partial charge on any atom is -0.331 e. The van der Waals surface area contributed by atoms with Gasteiger partial charge in [0.25, 0.3) is 0 Å². The summed E-state index contributed by atoms with van der Waals surface area (Å²) in [5.74, 6) is 1.14. The second kappa shape index (κ2) is 5.97. The number of aryl methyl sites for hydroxylation is 1. The monoisotopic (exact) mass is 259 g/mol. The van der Waals surface area contributed by atoms with Gasteiger partial charge in [-0.25, -0.2) is 4.98 Å². The molecule has 0 amide bonds. The van der Waals surface area contributed by atoms with Crippen molar-refractivity contribution in [3.63, 3.8) is 0 Å². The van der Waals surface area contributed by atoms with Gasteiger partial charge in [-0.2, -0.15) is 0 Å². The Kier molecular flexibility index (Phi) is 4.32. The minimum absolute atomic E-state index is 0.0587. The van der Waals surface area contributed by atoms with Gasteiger partial charge >= 0.3 is 0 Å². The van der Waals surface area contributed by atoms with E-state index in [0.717, 1.165) is 29.7 Å². The van der Waals surface area contributed by atoms with Gasteiger partial charge in [-0.15, -0.1) is 0 Å². The van der Waals surface area contributed by atoms with Crippen LogP contribution < -0.4 is 5.73 Å². The van der Waals surface area contributed by atoms with Crippen LogP contribution in [0.3, 0.4) is 0 Å². The van der Waals surface area contributed by atoms with E-state index in [2.05, 4.69) is 4.98 Å². The lowest BCUT2D eigenvalue weighted by atomic mass is 9.98. The third-order valence-electron chi connectivity index (χ3n) is 3.60. The summed E-state index contributed by atoms with van der Waals surface area (Å²) in [5.41, 5.74) is 7.49. The molecule has 1 heterocycles. The van der Waals surface area contributed by atoms with E-state index in [1.54, 1.807) is 0 Å². The van der Waals surface area contributed by atoms with Crippen molar-refractivity contribution in [3.05, 3.63) is 30.1 Å². The Morgan fingerprint density at radius 2 is 2.16 bits per heavy atom. The van der Waals surface area contributed by atoms with Crippen molar-refractivity contribution in [2.24, 2.45) is 18.7 Å². The molecular weight excluding hydrogens is 238 g/mol. The molecule has 2 aromatic rings. The number of hydrogen-bond donors (Lipinski definition) is 1. The number of nitrogens with two attached hydrogens (primary N) is 1. The smallest absolute Gasteiger partial charge is 0.143 e. The number of ketones is 1. The van der Waals surface area contributed by atoms with Crippen molar-refractivity contribution in [3.8, 4) is 0 Å². The standard InChI is InChI=1S/C15H21N3O/c1-11(6-5-9-16)14(19)10-15-17-12-7-3-4-8-13(12)18(15)2/h3-4,7-8,11H,5-6,9-10,16H2,1-2H3. The fraction of sp³-hybridized carbons (Fsp3) is 0.467. The van der Waals surface area contributed by atoms with Crippen LogP contribution in [0.1, 0.15) is 25.6 Å². The number of benzene rings is 1. The van der Waals surface area contributed by atoms with Crippen molar-refractivity contribution in [1.29, 1.82) is 0 Å². The third kappa shape index (κ3) is 3.01. The van der Waals surface area contributed by atoms with E-state index >= 15 is 0 Å². The van der Waals surface area contributed by atoms with E-state index in [1.807, 2.05) is 42.8 Å². The number of Topliss-reactive ketones (excluding diaryl/α,β-unsaturated/α-hetero) is 1. The zero-order chi connectivity index (χ0) is 13.8. The first-order chi connectivity index (χ1) is 9.13. The predicted octanol–water partition coefficient (Wildman–Crippen LogP) is 2.06. The summed E-state index contributed by atoms with van der Waals surface area (Å²) in [7, 11) is 1.96. The number of carbonyl (C=O) groups excluding carboxylic acids is 1. The number of nitrogens with zero attached hydrogens (tertiary/aromatic N) is 2. The summed E-state index contributed by atoms with van der Waals surface area (Å²) >= 11 is 0. The number of carbonyl (C=O) groups is 1.